The minimum Gasteiger partial charge on any atom is -0.126 e. The number of halogens is 1. The Morgan fingerprint density at radius 3 is 1.89 bits per heavy atom. The van der Waals surface area contributed by atoms with Gasteiger partial charge in [0.15, 0.2) is 0 Å². The Bertz CT molecular complexity index is 141. The van der Waals surface area contributed by atoms with E-state index in [0.29, 0.717) is 5.54 Å². The van der Waals surface area contributed by atoms with Gasteiger partial charge in [-0.2, -0.15) is 0 Å². The molecule has 0 fully saturated rings. The van der Waals surface area contributed by atoms with Gasteiger partial charge in [-0.05, 0) is 0 Å². The molecule has 0 amide bonds. The first-order chi connectivity index (χ1) is 4.11. The van der Waals surface area contributed by atoms with Crippen LogP contribution in [0.1, 0.15) is 0 Å². The second kappa shape index (κ2) is 2.43. The molecule has 1 aliphatic carbocycles. The molecule has 0 nitrogen and oxygen atoms in total. The third-order valence-corrected chi connectivity index (χ3v) is 5.10. The molecule has 0 aromatic heterocycles. The van der Waals surface area contributed by atoms with Crippen molar-refractivity contribution in [3.8, 4) is 0 Å². The lowest BCUT2D eigenvalue weighted by atomic mass is 10.5. The average Bonchev–Trinajstić information content (AvgIpc) is 2.08. The number of hydrogen-bond donors (Lipinski definition) is 0. The van der Waals surface area contributed by atoms with Crippen LogP contribution < -0.4 is 0 Å². The van der Waals surface area contributed by atoms with Gasteiger partial charge in [-0.25, -0.2) is 0 Å². The molecule has 0 saturated heterocycles. The molecule has 0 spiro atoms. The zero-order chi connectivity index (χ0) is 6.91. The second-order valence-electron chi connectivity index (χ2n) is 2.86. The average molecular weight is 203 g/mol. The molecule has 1 aliphatic rings. The second-order valence-corrected chi connectivity index (χ2v) is 12.8. The van der Waals surface area contributed by atoms with Crippen molar-refractivity contribution in [3.05, 3.63) is 24.3 Å². The zero-order valence-electron chi connectivity index (χ0n) is 5.76. The monoisotopic (exact) mass is 202 g/mol. The number of rotatable bonds is 1. The first-order valence-electron chi connectivity index (χ1n) is 3.14. The maximum atomic E-state index is 3.74. The van der Waals surface area contributed by atoms with Crippen molar-refractivity contribution in [2.24, 2.45) is 0 Å². The summed E-state index contributed by atoms with van der Waals surface area (Å²) in [5, 5.41) is 0. The van der Waals surface area contributed by atoms with Gasteiger partial charge in [0.25, 0.3) is 0 Å². The van der Waals surface area contributed by atoms with Crippen molar-refractivity contribution in [2.45, 2.75) is 18.6 Å². The third-order valence-electron chi connectivity index (χ3n) is 1.54. The molecule has 2 heteroatoms. The molecule has 0 heterocycles. The Morgan fingerprint density at radius 2 is 1.67 bits per heavy atom. The molecule has 0 bridgehead atoms. The van der Waals surface area contributed by atoms with Crippen LogP contribution >= 0.6 is 15.3 Å². The highest BCUT2D eigenvalue weighted by Crippen LogP contribution is 2.32. The summed E-state index contributed by atoms with van der Waals surface area (Å²) >= 11 is 3.74. The van der Waals surface area contributed by atoms with E-state index in [1.165, 1.54) is 0 Å². The van der Waals surface area contributed by atoms with Gasteiger partial charge < -0.3 is 0 Å². The SMILES string of the molecule is C[Si](C)(Br)C1C=CC=C1. The van der Waals surface area contributed by atoms with Crippen molar-refractivity contribution in [2.75, 3.05) is 0 Å². The maximum absolute atomic E-state index is 3.74. The molecule has 0 saturated carbocycles. The van der Waals surface area contributed by atoms with Crippen molar-refractivity contribution < 1.29 is 0 Å². The van der Waals surface area contributed by atoms with E-state index in [2.05, 4.69) is 52.7 Å². The Balaban J connectivity index is 2.64. The van der Waals surface area contributed by atoms with E-state index in [9.17, 15) is 0 Å². The molecule has 0 aromatic rings. The van der Waals surface area contributed by atoms with Crippen LogP contribution in [0.3, 0.4) is 0 Å². The van der Waals surface area contributed by atoms with Gasteiger partial charge in [0.1, 0.15) is 6.69 Å². The fourth-order valence-electron chi connectivity index (χ4n) is 0.890. The molecule has 0 N–H and O–H groups in total. The van der Waals surface area contributed by atoms with Crippen LogP contribution in [0.15, 0.2) is 24.3 Å². The normalized spacial score (nSPS) is 19.4. The zero-order valence-corrected chi connectivity index (χ0v) is 8.35. The van der Waals surface area contributed by atoms with Crippen molar-refractivity contribution in [3.63, 3.8) is 0 Å². The lowest BCUT2D eigenvalue weighted by Gasteiger charge is -2.17. The molecule has 0 aliphatic heterocycles. The Hall–Kier alpha value is 0.177. The highest BCUT2D eigenvalue weighted by atomic mass is 79.9. The Labute approximate surface area is 65.2 Å². The van der Waals surface area contributed by atoms with E-state index in [4.69, 9.17) is 0 Å². The standard InChI is InChI=1S/C7H11BrSi/c1-9(2,8)7-5-3-4-6-7/h3-7H,1-2H3. The topological polar surface area (TPSA) is 0 Å². The van der Waals surface area contributed by atoms with Crippen LogP contribution in [0, 0.1) is 0 Å². The van der Waals surface area contributed by atoms with Gasteiger partial charge in [0.2, 0.25) is 0 Å². The quantitative estimate of drug-likeness (QED) is 0.453. The van der Waals surface area contributed by atoms with Crippen molar-refractivity contribution in [1.29, 1.82) is 0 Å². The first-order valence-corrected chi connectivity index (χ1v) is 8.48. The fraction of sp³-hybridized carbons (Fsp3) is 0.429. The number of hydrogen-bond acceptors (Lipinski definition) is 0. The summed E-state index contributed by atoms with van der Waals surface area (Å²) < 4.78 is 0. The minimum absolute atomic E-state index is 0.706. The molecule has 50 valence electrons. The summed E-state index contributed by atoms with van der Waals surface area (Å²) in [4.78, 5) is 0. The summed E-state index contributed by atoms with van der Waals surface area (Å²) in [6.07, 6.45) is 8.78. The largest absolute Gasteiger partial charge is 0.134 e. The van der Waals surface area contributed by atoms with Crippen LogP contribution in [-0.4, -0.2) is 6.69 Å². The summed E-state index contributed by atoms with van der Waals surface area (Å²) in [5.74, 6) is 0. The van der Waals surface area contributed by atoms with E-state index in [0.717, 1.165) is 0 Å². The van der Waals surface area contributed by atoms with Crippen LogP contribution in [0.5, 0.6) is 0 Å². The van der Waals surface area contributed by atoms with Crippen molar-refractivity contribution >= 4 is 22.0 Å². The van der Waals surface area contributed by atoms with Gasteiger partial charge in [-0.3, -0.25) is 0 Å². The molecule has 0 unspecified atom stereocenters. The van der Waals surface area contributed by atoms with Crippen LogP contribution in [0.4, 0.5) is 0 Å². The van der Waals surface area contributed by atoms with Gasteiger partial charge in [0, 0.05) is 5.54 Å². The van der Waals surface area contributed by atoms with E-state index < -0.39 is 6.69 Å². The van der Waals surface area contributed by atoms with E-state index in [1.807, 2.05) is 0 Å². The highest BCUT2D eigenvalue weighted by Gasteiger charge is 2.25. The van der Waals surface area contributed by atoms with Gasteiger partial charge in [-0.1, -0.05) is 37.4 Å². The highest BCUT2D eigenvalue weighted by molar-refractivity contribution is 9.26. The molecule has 0 radical (unpaired) electrons. The van der Waals surface area contributed by atoms with E-state index in [1.54, 1.807) is 0 Å². The molecule has 1 rings (SSSR count). The minimum atomic E-state index is -1.09. The summed E-state index contributed by atoms with van der Waals surface area (Å²) in [6, 6.07) is 0. The van der Waals surface area contributed by atoms with E-state index in [-0.39, 0.29) is 0 Å². The lowest BCUT2D eigenvalue weighted by Crippen LogP contribution is -2.20. The molecular formula is C7H11BrSi. The molecule has 9 heavy (non-hydrogen) atoms. The summed E-state index contributed by atoms with van der Waals surface area (Å²) in [7, 11) is 0. The number of allylic oxidation sites excluding steroid dienone is 4. The van der Waals surface area contributed by atoms with Crippen LogP contribution in [-0.2, 0) is 0 Å². The maximum Gasteiger partial charge on any atom is 0.134 e. The lowest BCUT2D eigenvalue weighted by molar-refractivity contribution is 1.34. The summed E-state index contributed by atoms with van der Waals surface area (Å²) in [5.41, 5.74) is 0.706. The smallest absolute Gasteiger partial charge is 0.126 e. The third kappa shape index (κ3) is 1.80. The van der Waals surface area contributed by atoms with Crippen LogP contribution in [0.2, 0.25) is 18.6 Å². The van der Waals surface area contributed by atoms with Gasteiger partial charge in [0.05, 0.1) is 0 Å². The molecular weight excluding hydrogens is 192 g/mol. The predicted molar refractivity (Wildman–Crippen MR) is 48.4 cm³/mol. The first kappa shape index (κ1) is 7.29. The molecule has 0 aromatic carbocycles. The van der Waals surface area contributed by atoms with Gasteiger partial charge in [-0.15, -0.1) is 15.3 Å². The van der Waals surface area contributed by atoms with Gasteiger partial charge >= 0.3 is 0 Å². The predicted octanol–water partition coefficient (Wildman–Crippen LogP) is 3.08. The fourth-order valence-corrected chi connectivity index (χ4v) is 2.94. The summed E-state index contributed by atoms with van der Waals surface area (Å²) in [6.45, 7) is 3.55. The van der Waals surface area contributed by atoms with Crippen LogP contribution in [0.25, 0.3) is 0 Å². The Kier molecular flexibility index (Phi) is 1.96. The Morgan fingerprint density at radius 1 is 1.22 bits per heavy atom. The van der Waals surface area contributed by atoms with Crippen molar-refractivity contribution in [1.82, 2.24) is 0 Å². The van der Waals surface area contributed by atoms with E-state index >= 15 is 0 Å². The molecule has 0 atom stereocenters.